The van der Waals surface area contributed by atoms with Gasteiger partial charge in [-0.05, 0) is 36.0 Å². The molecule has 0 N–H and O–H groups in total. The Labute approximate surface area is 145 Å². The van der Waals surface area contributed by atoms with E-state index in [1.807, 2.05) is 39.8 Å². The SMILES string of the molecule is CC(C)c1ccc(N2CCN(C(=O)CC(C)(C)C)[C@@H](C)C2=O)cc1. The Morgan fingerprint density at radius 1 is 1.17 bits per heavy atom. The molecule has 1 aromatic rings. The topological polar surface area (TPSA) is 40.6 Å². The summed E-state index contributed by atoms with van der Waals surface area (Å²) in [5.74, 6) is 0.541. The number of benzene rings is 1. The van der Waals surface area contributed by atoms with Crippen LogP contribution in [0.5, 0.6) is 0 Å². The third-order valence-corrected chi connectivity index (χ3v) is 4.53. The Kier molecular flexibility index (Phi) is 5.36. The highest BCUT2D eigenvalue weighted by molar-refractivity contribution is 6.00. The van der Waals surface area contributed by atoms with Crippen molar-refractivity contribution in [1.82, 2.24) is 4.90 Å². The second kappa shape index (κ2) is 6.96. The van der Waals surface area contributed by atoms with Gasteiger partial charge in [-0.1, -0.05) is 46.8 Å². The van der Waals surface area contributed by atoms with Crippen molar-refractivity contribution in [1.29, 1.82) is 0 Å². The summed E-state index contributed by atoms with van der Waals surface area (Å²) in [6.45, 7) is 13.4. The second-order valence-corrected chi connectivity index (χ2v) is 8.24. The molecule has 2 rings (SSSR count). The fourth-order valence-corrected chi connectivity index (χ4v) is 3.06. The van der Waals surface area contributed by atoms with Crippen molar-refractivity contribution in [2.75, 3.05) is 18.0 Å². The first-order valence-electron chi connectivity index (χ1n) is 8.81. The van der Waals surface area contributed by atoms with E-state index in [1.165, 1.54) is 5.56 Å². The number of carbonyl (C=O) groups excluding carboxylic acids is 2. The molecule has 1 aromatic carbocycles. The number of anilines is 1. The summed E-state index contributed by atoms with van der Waals surface area (Å²) < 4.78 is 0. The number of rotatable bonds is 3. The van der Waals surface area contributed by atoms with Gasteiger partial charge in [-0.15, -0.1) is 0 Å². The molecule has 0 aromatic heterocycles. The molecular weight excluding hydrogens is 300 g/mol. The lowest BCUT2D eigenvalue weighted by Gasteiger charge is -2.40. The van der Waals surface area contributed by atoms with E-state index in [9.17, 15) is 9.59 Å². The Bertz CT molecular complexity index is 599. The first kappa shape index (κ1) is 18.5. The predicted molar refractivity (Wildman–Crippen MR) is 98.1 cm³/mol. The van der Waals surface area contributed by atoms with E-state index in [4.69, 9.17) is 0 Å². The van der Waals surface area contributed by atoms with Crippen molar-refractivity contribution in [3.8, 4) is 0 Å². The Balaban J connectivity index is 2.10. The Morgan fingerprint density at radius 3 is 2.25 bits per heavy atom. The molecule has 0 saturated carbocycles. The van der Waals surface area contributed by atoms with E-state index in [0.29, 0.717) is 25.4 Å². The average Bonchev–Trinajstić information content (AvgIpc) is 2.48. The third-order valence-electron chi connectivity index (χ3n) is 4.53. The van der Waals surface area contributed by atoms with Crippen molar-refractivity contribution in [3.05, 3.63) is 29.8 Å². The highest BCUT2D eigenvalue weighted by Gasteiger charge is 2.35. The molecule has 1 saturated heterocycles. The maximum absolute atomic E-state index is 12.8. The summed E-state index contributed by atoms with van der Waals surface area (Å²) >= 11 is 0. The van der Waals surface area contributed by atoms with Crippen LogP contribution < -0.4 is 4.90 Å². The van der Waals surface area contributed by atoms with Crippen LogP contribution in [0.25, 0.3) is 0 Å². The van der Waals surface area contributed by atoms with Gasteiger partial charge in [0, 0.05) is 25.2 Å². The standard InChI is InChI=1S/C20H30N2O2/c1-14(2)16-7-9-17(10-8-16)22-12-11-21(15(3)19(22)24)18(23)13-20(4,5)6/h7-10,14-15H,11-13H2,1-6H3/t15-/m0/s1. The normalized spacial score (nSPS) is 19.1. The molecule has 1 heterocycles. The molecule has 132 valence electrons. The molecule has 1 atom stereocenters. The van der Waals surface area contributed by atoms with Crippen molar-refractivity contribution in [2.45, 2.75) is 59.9 Å². The maximum atomic E-state index is 12.8. The summed E-state index contributed by atoms with van der Waals surface area (Å²) in [7, 11) is 0. The number of piperazine rings is 1. The number of hydrogen-bond acceptors (Lipinski definition) is 2. The highest BCUT2D eigenvalue weighted by Crippen LogP contribution is 2.26. The van der Waals surface area contributed by atoms with Crippen LogP contribution in [0.2, 0.25) is 0 Å². The van der Waals surface area contributed by atoms with Crippen LogP contribution in [0.1, 0.15) is 59.4 Å². The van der Waals surface area contributed by atoms with Gasteiger partial charge in [0.05, 0.1) is 0 Å². The van der Waals surface area contributed by atoms with Gasteiger partial charge in [-0.25, -0.2) is 0 Å². The van der Waals surface area contributed by atoms with Gasteiger partial charge in [0.15, 0.2) is 0 Å². The molecule has 0 spiro atoms. The van der Waals surface area contributed by atoms with Crippen LogP contribution in [-0.2, 0) is 9.59 Å². The molecule has 24 heavy (non-hydrogen) atoms. The monoisotopic (exact) mass is 330 g/mol. The van der Waals surface area contributed by atoms with Gasteiger partial charge in [0.25, 0.3) is 0 Å². The van der Waals surface area contributed by atoms with E-state index in [1.54, 1.807) is 9.80 Å². The number of carbonyl (C=O) groups is 2. The molecule has 1 aliphatic heterocycles. The molecule has 0 aliphatic carbocycles. The van der Waals surface area contributed by atoms with Crippen molar-refractivity contribution < 1.29 is 9.59 Å². The van der Waals surface area contributed by atoms with E-state index < -0.39 is 6.04 Å². The summed E-state index contributed by atoms with van der Waals surface area (Å²) in [4.78, 5) is 28.8. The molecule has 4 nitrogen and oxygen atoms in total. The zero-order valence-corrected chi connectivity index (χ0v) is 15.8. The van der Waals surface area contributed by atoms with E-state index in [0.717, 1.165) is 5.69 Å². The molecule has 1 aliphatic rings. The number of amides is 2. The van der Waals surface area contributed by atoms with Crippen molar-refractivity contribution in [2.24, 2.45) is 5.41 Å². The molecule has 1 fully saturated rings. The van der Waals surface area contributed by atoms with E-state index in [2.05, 4.69) is 26.0 Å². The van der Waals surface area contributed by atoms with Crippen LogP contribution in [0.3, 0.4) is 0 Å². The van der Waals surface area contributed by atoms with Gasteiger partial charge in [0.1, 0.15) is 6.04 Å². The fraction of sp³-hybridized carbons (Fsp3) is 0.600. The zero-order chi connectivity index (χ0) is 18.1. The molecule has 0 bridgehead atoms. The van der Waals surface area contributed by atoms with E-state index in [-0.39, 0.29) is 17.2 Å². The van der Waals surface area contributed by atoms with Crippen molar-refractivity contribution >= 4 is 17.5 Å². The average molecular weight is 330 g/mol. The third kappa shape index (κ3) is 4.16. The summed E-state index contributed by atoms with van der Waals surface area (Å²) in [5, 5.41) is 0. The first-order chi connectivity index (χ1) is 11.1. The number of nitrogens with zero attached hydrogens (tertiary/aromatic N) is 2. The summed E-state index contributed by atoms with van der Waals surface area (Å²) in [6.07, 6.45) is 0.466. The number of hydrogen-bond donors (Lipinski definition) is 0. The van der Waals surface area contributed by atoms with Crippen LogP contribution in [0, 0.1) is 5.41 Å². The summed E-state index contributed by atoms with van der Waals surface area (Å²) in [5.41, 5.74) is 2.11. The van der Waals surface area contributed by atoms with Gasteiger partial charge in [-0.2, -0.15) is 0 Å². The molecular formula is C20H30N2O2. The largest absolute Gasteiger partial charge is 0.329 e. The fourth-order valence-electron chi connectivity index (χ4n) is 3.06. The van der Waals surface area contributed by atoms with Crippen LogP contribution in [-0.4, -0.2) is 35.8 Å². The minimum Gasteiger partial charge on any atom is -0.329 e. The quantitative estimate of drug-likeness (QED) is 0.845. The van der Waals surface area contributed by atoms with E-state index >= 15 is 0 Å². The smallest absolute Gasteiger partial charge is 0.249 e. The minimum absolute atomic E-state index is 0.000746. The predicted octanol–water partition coefficient (Wildman–Crippen LogP) is 3.81. The Morgan fingerprint density at radius 2 is 1.75 bits per heavy atom. The Hall–Kier alpha value is -1.84. The lowest BCUT2D eigenvalue weighted by Crippen LogP contribution is -2.58. The second-order valence-electron chi connectivity index (χ2n) is 8.24. The first-order valence-corrected chi connectivity index (χ1v) is 8.81. The lowest BCUT2D eigenvalue weighted by molar-refractivity contribution is -0.142. The molecule has 0 radical (unpaired) electrons. The zero-order valence-electron chi connectivity index (χ0n) is 15.8. The van der Waals surface area contributed by atoms with Gasteiger partial charge >= 0.3 is 0 Å². The lowest BCUT2D eigenvalue weighted by atomic mass is 9.91. The highest BCUT2D eigenvalue weighted by atomic mass is 16.2. The van der Waals surface area contributed by atoms with Gasteiger partial charge in [-0.3, -0.25) is 9.59 Å². The van der Waals surface area contributed by atoms with Crippen LogP contribution in [0.15, 0.2) is 24.3 Å². The molecule has 2 amide bonds. The molecule has 0 unspecified atom stereocenters. The molecule has 4 heteroatoms. The van der Waals surface area contributed by atoms with Gasteiger partial charge < -0.3 is 9.80 Å². The van der Waals surface area contributed by atoms with Crippen LogP contribution >= 0.6 is 0 Å². The minimum atomic E-state index is -0.404. The van der Waals surface area contributed by atoms with Gasteiger partial charge in [0.2, 0.25) is 11.8 Å². The maximum Gasteiger partial charge on any atom is 0.249 e. The summed E-state index contributed by atoms with van der Waals surface area (Å²) in [6, 6.07) is 7.77. The van der Waals surface area contributed by atoms with Crippen LogP contribution in [0.4, 0.5) is 5.69 Å². The van der Waals surface area contributed by atoms with Crippen molar-refractivity contribution in [3.63, 3.8) is 0 Å².